The first-order valence-electron chi connectivity index (χ1n) is 12.9. The molecule has 4 rings (SSSR count). The summed E-state index contributed by atoms with van der Waals surface area (Å²) in [7, 11) is 1.76. The van der Waals surface area contributed by atoms with Gasteiger partial charge in [-0.2, -0.15) is 0 Å². The molecule has 162 valence electrons. The molecule has 0 spiro atoms. The molecule has 4 unspecified atom stereocenters. The van der Waals surface area contributed by atoms with Gasteiger partial charge >= 0.3 is 0 Å². The van der Waals surface area contributed by atoms with Crippen molar-refractivity contribution >= 4 is 0 Å². The van der Waals surface area contributed by atoms with Gasteiger partial charge in [0.2, 0.25) is 0 Å². The van der Waals surface area contributed by atoms with Crippen LogP contribution in [0.2, 0.25) is 0 Å². The number of hydrogen-bond donors (Lipinski definition) is 0. The van der Waals surface area contributed by atoms with Crippen LogP contribution in [0.25, 0.3) is 0 Å². The summed E-state index contributed by atoms with van der Waals surface area (Å²) >= 11 is 0. The highest BCUT2D eigenvalue weighted by atomic mass is 16.5. The summed E-state index contributed by atoms with van der Waals surface area (Å²) in [6.07, 6.45) is 20.9. The zero-order chi connectivity index (χ0) is 20.1. The average molecular weight is 397 g/mol. The fraction of sp³-hybridized carbons (Fsp3) is 0.786. The Morgan fingerprint density at radius 2 is 1.28 bits per heavy atom. The van der Waals surface area contributed by atoms with Gasteiger partial charge in [0.25, 0.3) is 0 Å². The molecule has 1 aromatic rings. The van der Waals surface area contributed by atoms with Gasteiger partial charge in [-0.3, -0.25) is 0 Å². The molecule has 0 heterocycles. The van der Waals surface area contributed by atoms with Crippen molar-refractivity contribution in [3.05, 3.63) is 29.8 Å². The Morgan fingerprint density at radius 1 is 0.690 bits per heavy atom. The van der Waals surface area contributed by atoms with E-state index in [0.29, 0.717) is 0 Å². The van der Waals surface area contributed by atoms with E-state index in [4.69, 9.17) is 4.74 Å². The van der Waals surface area contributed by atoms with Gasteiger partial charge < -0.3 is 4.74 Å². The van der Waals surface area contributed by atoms with Crippen LogP contribution in [0.15, 0.2) is 24.3 Å². The third-order valence-corrected chi connectivity index (χ3v) is 8.96. The number of rotatable bonds is 7. The lowest BCUT2D eigenvalue weighted by atomic mass is 9.63. The van der Waals surface area contributed by atoms with Crippen molar-refractivity contribution in [2.45, 2.75) is 103 Å². The van der Waals surface area contributed by atoms with Crippen LogP contribution in [0.1, 0.15) is 108 Å². The van der Waals surface area contributed by atoms with Gasteiger partial charge in [-0.1, -0.05) is 76.8 Å². The molecular weight excluding hydrogens is 352 g/mol. The van der Waals surface area contributed by atoms with E-state index in [1.165, 1.54) is 83.5 Å². The van der Waals surface area contributed by atoms with Gasteiger partial charge in [0.15, 0.2) is 0 Å². The molecule has 3 aliphatic carbocycles. The number of methoxy groups -OCH3 is 1. The second-order valence-electron chi connectivity index (χ2n) is 10.7. The van der Waals surface area contributed by atoms with Gasteiger partial charge in [0, 0.05) is 0 Å². The average Bonchev–Trinajstić information content (AvgIpc) is 2.78. The van der Waals surface area contributed by atoms with Gasteiger partial charge in [-0.15, -0.1) is 0 Å². The van der Waals surface area contributed by atoms with Gasteiger partial charge in [-0.25, -0.2) is 0 Å². The Hall–Kier alpha value is -0.980. The number of benzene rings is 1. The van der Waals surface area contributed by atoms with E-state index < -0.39 is 0 Å². The van der Waals surface area contributed by atoms with Crippen molar-refractivity contribution < 1.29 is 4.74 Å². The summed E-state index contributed by atoms with van der Waals surface area (Å²) in [4.78, 5) is 0. The molecule has 3 fully saturated rings. The first-order chi connectivity index (χ1) is 14.2. The third kappa shape index (κ3) is 5.59. The van der Waals surface area contributed by atoms with Crippen molar-refractivity contribution in [3.8, 4) is 5.75 Å². The molecule has 4 atom stereocenters. The quantitative estimate of drug-likeness (QED) is 0.449. The van der Waals surface area contributed by atoms with E-state index >= 15 is 0 Å². The van der Waals surface area contributed by atoms with Crippen LogP contribution >= 0.6 is 0 Å². The smallest absolute Gasteiger partial charge is 0.118 e. The molecule has 3 saturated carbocycles. The van der Waals surface area contributed by atoms with Gasteiger partial charge in [-0.05, 0) is 85.3 Å². The van der Waals surface area contributed by atoms with Crippen LogP contribution in [0.5, 0.6) is 5.75 Å². The molecule has 0 saturated heterocycles. The Balaban J connectivity index is 1.19. The summed E-state index contributed by atoms with van der Waals surface area (Å²) in [5.74, 6) is 6.97. The number of hydrogen-bond acceptors (Lipinski definition) is 1. The largest absolute Gasteiger partial charge is 0.497 e. The summed E-state index contributed by atoms with van der Waals surface area (Å²) in [5, 5.41) is 0. The standard InChI is InChI=1S/C28H44O/c1-3-4-21-5-7-22(8-6-21)9-10-23-11-12-27-20-26(14-13-25(27)19-23)24-15-17-28(29-2)18-16-24/h15-18,21-23,25-27H,3-14,19-20H2,1-2H3. The lowest BCUT2D eigenvalue weighted by Gasteiger charge is -2.43. The van der Waals surface area contributed by atoms with Crippen molar-refractivity contribution in [2.75, 3.05) is 7.11 Å². The van der Waals surface area contributed by atoms with Gasteiger partial charge in [0.05, 0.1) is 7.11 Å². The van der Waals surface area contributed by atoms with E-state index in [-0.39, 0.29) is 0 Å². The molecule has 29 heavy (non-hydrogen) atoms. The SMILES string of the molecule is CCCC1CCC(CCC2CCC3CC(c4ccc(OC)cc4)CCC3C2)CC1. The predicted molar refractivity (Wildman–Crippen MR) is 123 cm³/mol. The molecule has 0 radical (unpaired) electrons. The normalized spacial score (nSPS) is 35.1. The van der Waals surface area contributed by atoms with Crippen molar-refractivity contribution in [2.24, 2.45) is 29.6 Å². The second kappa shape index (κ2) is 10.4. The van der Waals surface area contributed by atoms with E-state index in [0.717, 1.165) is 41.3 Å². The molecule has 1 aromatic carbocycles. The summed E-state index contributed by atoms with van der Waals surface area (Å²) in [6.45, 7) is 2.35. The molecule has 0 aliphatic heterocycles. The fourth-order valence-corrected chi connectivity index (χ4v) is 7.12. The maximum absolute atomic E-state index is 5.34. The van der Waals surface area contributed by atoms with Crippen LogP contribution in [-0.2, 0) is 0 Å². The molecule has 0 bridgehead atoms. The summed E-state index contributed by atoms with van der Waals surface area (Å²) in [6, 6.07) is 8.91. The van der Waals surface area contributed by atoms with E-state index in [9.17, 15) is 0 Å². The second-order valence-corrected chi connectivity index (χ2v) is 10.7. The van der Waals surface area contributed by atoms with E-state index in [1.807, 2.05) is 0 Å². The van der Waals surface area contributed by atoms with E-state index in [2.05, 4.69) is 31.2 Å². The zero-order valence-electron chi connectivity index (χ0n) is 19.1. The first-order valence-corrected chi connectivity index (χ1v) is 12.9. The van der Waals surface area contributed by atoms with Crippen molar-refractivity contribution in [1.82, 2.24) is 0 Å². The number of ether oxygens (including phenoxy) is 1. The minimum absolute atomic E-state index is 0.789. The molecule has 0 aromatic heterocycles. The third-order valence-electron chi connectivity index (χ3n) is 8.96. The predicted octanol–water partition coefficient (Wildman–Crippen LogP) is 8.38. The monoisotopic (exact) mass is 396 g/mol. The highest BCUT2D eigenvalue weighted by Crippen LogP contribution is 2.49. The Kier molecular flexibility index (Phi) is 7.60. The molecule has 0 N–H and O–H groups in total. The summed E-state index contributed by atoms with van der Waals surface area (Å²) in [5.41, 5.74) is 1.55. The maximum atomic E-state index is 5.34. The minimum atomic E-state index is 0.789. The highest BCUT2D eigenvalue weighted by Gasteiger charge is 2.36. The molecule has 0 amide bonds. The minimum Gasteiger partial charge on any atom is -0.497 e. The van der Waals surface area contributed by atoms with Crippen molar-refractivity contribution in [3.63, 3.8) is 0 Å². The van der Waals surface area contributed by atoms with Crippen LogP contribution in [0, 0.1) is 29.6 Å². The van der Waals surface area contributed by atoms with Crippen LogP contribution in [0.3, 0.4) is 0 Å². The molecular formula is C28H44O. The van der Waals surface area contributed by atoms with E-state index in [1.54, 1.807) is 19.1 Å². The van der Waals surface area contributed by atoms with Crippen molar-refractivity contribution in [1.29, 1.82) is 0 Å². The Morgan fingerprint density at radius 3 is 1.97 bits per heavy atom. The topological polar surface area (TPSA) is 9.23 Å². The Bertz CT molecular complexity index is 597. The highest BCUT2D eigenvalue weighted by molar-refractivity contribution is 5.29. The first kappa shape index (κ1) is 21.3. The lowest BCUT2D eigenvalue weighted by Crippen LogP contribution is -2.30. The van der Waals surface area contributed by atoms with Gasteiger partial charge in [0.1, 0.15) is 5.75 Å². The van der Waals surface area contributed by atoms with Crippen LogP contribution < -0.4 is 4.74 Å². The molecule has 1 heteroatoms. The zero-order valence-corrected chi connectivity index (χ0v) is 19.1. The number of fused-ring (bicyclic) bond motifs is 1. The molecule has 3 aliphatic rings. The van der Waals surface area contributed by atoms with Crippen LogP contribution in [0.4, 0.5) is 0 Å². The maximum Gasteiger partial charge on any atom is 0.118 e. The van der Waals surface area contributed by atoms with Crippen LogP contribution in [-0.4, -0.2) is 7.11 Å². The molecule has 1 nitrogen and oxygen atoms in total. The lowest BCUT2D eigenvalue weighted by molar-refractivity contribution is 0.108. The fourth-order valence-electron chi connectivity index (χ4n) is 7.12. The summed E-state index contributed by atoms with van der Waals surface area (Å²) < 4.78 is 5.34. The Labute approximate surface area is 180 Å².